The van der Waals surface area contributed by atoms with Crippen LogP contribution in [-0.4, -0.2) is 35.2 Å². The molecule has 4 aromatic rings. The lowest BCUT2D eigenvalue weighted by atomic mass is 9.54. The molecule has 0 bridgehead atoms. The first-order chi connectivity index (χ1) is 17.5. The summed E-state index contributed by atoms with van der Waals surface area (Å²) < 4.78 is 0.960. The summed E-state index contributed by atoms with van der Waals surface area (Å²) in [7, 11) is 1.99. The molecule has 6 heteroatoms. The molecule has 3 aromatic carbocycles. The quantitative estimate of drug-likeness (QED) is 0.338. The second kappa shape index (κ2) is 7.58. The van der Waals surface area contributed by atoms with E-state index in [1.165, 1.54) is 0 Å². The van der Waals surface area contributed by atoms with Crippen molar-refractivity contribution in [1.29, 1.82) is 0 Å². The van der Waals surface area contributed by atoms with Gasteiger partial charge in [0.05, 0.1) is 16.6 Å². The third-order valence-electron chi connectivity index (χ3n) is 8.65. The number of rotatable bonds is 1. The number of benzene rings is 3. The number of likely N-dealkylation sites (tertiary alicyclic amines) is 1. The fourth-order valence-electron chi connectivity index (χ4n) is 7.24. The number of para-hydroxylation sites is 2. The number of fused-ring (bicyclic) bond motifs is 5. The van der Waals surface area contributed by atoms with Crippen LogP contribution in [0.5, 0.6) is 0 Å². The molecule has 36 heavy (non-hydrogen) atoms. The summed E-state index contributed by atoms with van der Waals surface area (Å²) in [5.41, 5.74) is 3.00. The minimum absolute atomic E-state index is 0.0129. The Morgan fingerprint density at radius 3 is 2.61 bits per heavy atom. The van der Waals surface area contributed by atoms with Gasteiger partial charge in [-0.3, -0.25) is 19.5 Å². The fraction of sp³-hybridized carbons (Fsp3) is 0.233. The molecule has 3 heterocycles. The van der Waals surface area contributed by atoms with Crippen molar-refractivity contribution in [2.75, 3.05) is 18.9 Å². The van der Waals surface area contributed by atoms with E-state index in [9.17, 15) is 9.59 Å². The maximum atomic E-state index is 15.0. The number of amides is 1. The van der Waals surface area contributed by atoms with Crippen LogP contribution in [0.15, 0.2) is 83.3 Å². The summed E-state index contributed by atoms with van der Waals surface area (Å²) in [6.45, 7) is 0.590. The number of carbonyl (C=O) groups excluding carboxylic acids is 2. The maximum absolute atomic E-state index is 15.0. The predicted molar refractivity (Wildman–Crippen MR) is 143 cm³/mol. The average molecular weight is 538 g/mol. The number of hydrogen-bond donors (Lipinski definition) is 1. The standard InChI is InChI=1S/C30H24BrN3O2/c1-34-17-22(19-9-3-5-11-23(19)31)29(30(34)21-10-4-7-13-26(21)33-28(30)36)15-14-25-20(27(29)35)16-18-8-2-6-12-24(18)32-25/h2-13,16,22H,14-15,17H2,1H3,(H,33,36)/t22-,29+,30+/m1/s1. The minimum Gasteiger partial charge on any atom is -0.324 e. The van der Waals surface area contributed by atoms with Crippen LogP contribution in [0.25, 0.3) is 10.9 Å². The van der Waals surface area contributed by atoms with Crippen molar-refractivity contribution < 1.29 is 9.59 Å². The fourth-order valence-corrected chi connectivity index (χ4v) is 7.80. The maximum Gasteiger partial charge on any atom is 0.250 e. The second-order valence-electron chi connectivity index (χ2n) is 10.1. The molecule has 1 amide bonds. The average Bonchev–Trinajstić information content (AvgIpc) is 3.34. The molecule has 1 aliphatic carbocycles. The van der Waals surface area contributed by atoms with E-state index in [0.29, 0.717) is 24.9 Å². The van der Waals surface area contributed by atoms with Gasteiger partial charge in [-0.1, -0.05) is 70.5 Å². The predicted octanol–water partition coefficient (Wildman–Crippen LogP) is 5.69. The van der Waals surface area contributed by atoms with Crippen LogP contribution in [-0.2, 0) is 16.8 Å². The Balaban J connectivity index is 1.55. The van der Waals surface area contributed by atoms with Crippen molar-refractivity contribution in [3.63, 3.8) is 0 Å². The molecule has 2 aliphatic heterocycles. The summed E-state index contributed by atoms with van der Waals surface area (Å²) in [5.74, 6) is -0.285. The Bertz CT molecular complexity index is 1600. The van der Waals surface area contributed by atoms with Gasteiger partial charge in [0.1, 0.15) is 5.54 Å². The van der Waals surface area contributed by atoms with Crippen LogP contribution in [0.4, 0.5) is 5.69 Å². The Hall–Kier alpha value is -3.35. The highest BCUT2D eigenvalue weighted by Crippen LogP contribution is 2.66. The van der Waals surface area contributed by atoms with E-state index in [0.717, 1.165) is 37.9 Å². The Morgan fingerprint density at radius 2 is 1.75 bits per heavy atom. The van der Waals surface area contributed by atoms with Gasteiger partial charge in [0.25, 0.3) is 5.91 Å². The highest BCUT2D eigenvalue weighted by molar-refractivity contribution is 9.10. The first-order valence-corrected chi connectivity index (χ1v) is 13.1. The molecule has 1 aromatic heterocycles. The van der Waals surface area contributed by atoms with Gasteiger partial charge >= 0.3 is 0 Å². The molecule has 5 nitrogen and oxygen atoms in total. The molecule has 0 unspecified atom stereocenters. The first-order valence-electron chi connectivity index (χ1n) is 12.3. The number of aromatic nitrogens is 1. The van der Waals surface area contributed by atoms with Crippen molar-refractivity contribution in [3.8, 4) is 0 Å². The number of anilines is 1. The van der Waals surface area contributed by atoms with E-state index in [4.69, 9.17) is 4.98 Å². The van der Waals surface area contributed by atoms with Gasteiger partial charge in [0.2, 0.25) is 0 Å². The van der Waals surface area contributed by atoms with Crippen molar-refractivity contribution >= 4 is 44.2 Å². The molecule has 0 radical (unpaired) electrons. The number of Topliss-reactive ketones (excluding diaryl/α,β-unsaturated/α-hetero) is 1. The highest BCUT2D eigenvalue weighted by Gasteiger charge is 2.74. The molecule has 3 aliphatic rings. The van der Waals surface area contributed by atoms with Gasteiger partial charge in [0, 0.05) is 39.1 Å². The van der Waals surface area contributed by atoms with Gasteiger partial charge in [-0.05, 0) is 49.7 Å². The van der Waals surface area contributed by atoms with Crippen molar-refractivity contribution in [1.82, 2.24) is 9.88 Å². The number of halogens is 1. The zero-order valence-electron chi connectivity index (χ0n) is 19.8. The summed E-state index contributed by atoms with van der Waals surface area (Å²) in [5, 5.41) is 4.07. The number of aryl methyl sites for hydroxylation is 1. The number of nitrogens with zero attached hydrogens (tertiary/aromatic N) is 2. The Morgan fingerprint density at radius 1 is 1.00 bits per heavy atom. The van der Waals surface area contributed by atoms with E-state index in [1.54, 1.807) is 0 Å². The topological polar surface area (TPSA) is 62.3 Å². The lowest BCUT2D eigenvalue weighted by molar-refractivity contribution is -0.130. The number of nitrogens with one attached hydrogen (secondary N) is 1. The summed E-state index contributed by atoms with van der Waals surface area (Å²) in [6, 6.07) is 25.9. The van der Waals surface area contributed by atoms with E-state index in [2.05, 4.69) is 32.2 Å². The monoisotopic (exact) mass is 537 g/mol. The number of pyridine rings is 1. The van der Waals surface area contributed by atoms with Crippen LogP contribution in [0.2, 0.25) is 0 Å². The summed E-state index contributed by atoms with van der Waals surface area (Å²) in [6.07, 6.45) is 1.18. The highest BCUT2D eigenvalue weighted by atomic mass is 79.9. The van der Waals surface area contributed by atoms with Crippen molar-refractivity contribution in [2.45, 2.75) is 24.3 Å². The molecular weight excluding hydrogens is 514 g/mol. The van der Waals surface area contributed by atoms with Crippen LogP contribution in [0, 0.1) is 5.41 Å². The number of ketones is 1. The van der Waals surface area contributed by atoms with Gasteiger partial charge in [-0.15, -0.1) is 0 Å². The number of likely N-dealkylation sites (N-methyl/N-ethyl adjacent to an activating group) is 1. The van der Waals surface area contributed by atoms with Crippen LogP contribution in [0.3, 0.4) is 0 Å². The van der Waals surface area contributed by atoms with Gasteiger partial charge in [0.15, 0.2) is 5.78 Å². The zero-order valence-corrected chi connectivity index (χ0v) is 21.4. The largest absolute Gasteiger partial charge is 0.324 e. The molecule has 0 saturated carbocycles. The molecule has 3 atom stereocenters. The lowest BCUT2D eigenvalue weighted by Gasteiger charge is -2.48. The number of hydrogen-bond acceptors (Lipinski definition) is 4. The van der Waals surface area contributed by atoms with E-state index in [-0.39, 0.29) is 17.6 Å². The Kier molecular flexibility index (Phi) is 4.61. The first kappa shape index (κ1) is 21.9. The normalized spacial score (nSPS) is 27.0. The minimum atomic E-state index is -1.11. The molecule has 1 fully saturated rings. The Labute approximate surface area is 217 Å². The van der Waals surface area contributed by atoms with Crippen LogP contribution < -0.4 is 5.32 Å². The summed E-state index contributed by atoms with van der Waals surface area (Å²) >= 11 is 3.76. The van der Waals surface area contributed by atoms with Crippen molar-refractivity contribution in [3.05, 3.63) is 106 Å². The smallest absolute Gasteiger partial charge is 0.250 e. The lowest BCUT2D eigenvalue weighted by Crippen LogP contribution is -2.60. The van der Waals surface area contributed by atoms with Gasteiger partial charge < -0.3 is 5.32 Å². The van der Waals surface area contributed by atoms with E-state index >= 15 is 0 Å². The van der Waals surface area contributed by atoms with Crippen molar-refractivity contribution in [2.24, 2.45) is 5.41 Å². The second-order valence-corrected chi connectivity index (χ2v) is 11.0. The molecule has 1 N–H and O–H groups in total. The SMILES string of the molecule is CN1C[C@H](c2ccccc2Br)[C@]2(CCc3nc4ccccc4cc3C2=O)[C@]12C(=O)Nc1ccccc12. The third kappa shape index (κ3) is 2.56. The molecular formula is C30H24BrN3O2. The molecule has 178 valence electrons. The van der Waals surface area contributed by atoms with Crippen LogP contribution >= 0.6 is 15.9 Å². The zero-order chi connectivity index (χ0) is 24.7. The van der Waals surface area contributed by atoms with E-state index in [1.807, 2.05) is 79.8 Å². The molecule has 7 rings (SSSR count). The van der Waals surface area contributed by atoms with Crippen LogP contribution in [0.1, 0.15) is 39.5 Å². The third-order valence-corrected chi connectivity index (χ3v) is 9.37. The number of carbonyl (C=O) groups is 2. The summed E-state index contributed by atoms with van der Waals surface area (Å²) in [4.78, 5) is 36.1. The van der Waals surface area contributed by atoms with Gasteiger partial charge in [-0.2, -0.15) is 0 Å². The molecule has 2 spiro atoms. The van der Waals surface area contributed by atoms with E-state index < -0.39 is 11.0 Å². The van der Waals surface area contributed by atoms with Gasteiger partial charge in [-0.25, -0.2) is 0 Å². The molecule has 1 saturated heterocycles.